The first-order chi connectivity index (χ1) is 10.3. The second-order valence-corrected chi connectivity index (χ2v) is 6.40. The third-order valence-electron chi connectivity index (χ3n) is 3.77. The van der Waals surface area contributed by atoms with Crippen molar-refractivity contribution < 1.29 is 17.9 Å². The van der Waals surface area contributed by atoms with Gasteiger partial charge in [-0.15, -0.1) is 13.2 Å². The summed E-state index contributed by atoms with van der Waals surface area (Å²) < 4.78 is 41.6. The Morgan fingerprint density at radius 2 is 1.86 bits per heavy atom. The summed E-state index contributed by atoms with van der Waals surface area (Å²) in [7, 11) is 2.11. The van der Waals surface area contributed by atoms with Gasteiger partial charge in [-0.05, 0) is 50.2 Å². The van der Waals surface area contributed by atoms with E-state index in [1.807, 2.05) is 0 Å². The van der Waals surface area contributed by atoms with E-state index in [1.54, 1.807) is 6.07 Å². The van der Waals surface area contributed by atoms with Gasteiger partial charge in [0.05, 0.1) is 0 Å². The van der Waals surface area contributed by atoms with Crippen LogP contribution in [0.1, 0.15) is 12.0 Å². The van der Waals surface area contributed by atoms with Gasteiger partial charge < -0.3 is 14.5 Å². The standard InChI is InChI=1S/C15H20BrF3N2O/c1-20-7-9-21(10-8-20)6-2-3-12-11-13(4-5-14(12)16)22-15(17,18)19/h4-5,11H,2-3,6-10H2,1H3. The van der Waals surface area contributed by atoms with Gasteiger partial charge in [0.25, 0.3) is 0 Å². The van der Waals surface area contributed by atoms with Crippen LogP contribution in [0, 0.1) is 0 Å². The fourth-order valence-electron chi connectivity index (χ4n) is 2.50. The summed E-state index contributed by atoms with van der Waals surface area (Å²) in [5.74, 6) is -0.162. The van der Waals surface area contributed by atoms with Gasteiger partial charge in [0.15, 0.2) is 0 Å². The van der Waals surface area contributed by atoms with Crippen molar-refractivity contribution in [3.05, 3.63) is 28.2 Å². The third kappa shape index (κ3) is 5.78. The number of alkyl halides is 3. The maximum atomic E-state index is 12.3. The molecule has 0 aliphatic carbocycles. The first-order valence-electron chi connectivity index (χ1n) is 7.28. The van der Waals surface area contributed by atoms with Gasteiger partial charge in [0, 0.05) is 30.7 Å². The zero-order chi connectivity index (χ0) is 16.2. The third-order valence-corrected chi connectivity index (χ3v) is 4.54. The van der Waals surface area contributed by atoms with Crippen molar-refractivity contribution >= 4 is 15.9 Å². The highest BCUT2D eigenvalue weighted by atomic mass is 79.9. The number of piperazine rings is 1. The summed E-state index contributed by atoms with van der Waals surface area (Å²) in [5, 5.41) is 0. The molecule has 0 bridgehead atoms. The van der Waals surface area contributed by atoms with Crippen molar-refractivity contribution in [1.82, 2.24) is 9.80 Å². The number of hydrogen-bond donors (Lipinski definition) is 0. The monoisotopic (exact) mass is 380 g/mol. The minimum absolute atomic E-state index is 0.162. The predicted octanol–water partition coefficient (Wildman–Crippen LogP) is 3.53. The first-order valence-corrected chi connectivity index (χ1v) is 8.08. The van der Waals surface area contributed by atoms with Crippen LogP contribution in [0.15, 0.2) is 22.7 Å². The number of likely N-dealkylation sites (N-methyl/N-ethyl adjacent to an activating group) is 1. The fraction of sp³-hybridized carbons (Fsp3) is 0.600. The molecule has 1 aromatic carbocycles. The van der Waals surface area contributed by atoms with E-state index in [4.69, 9.17) is 0 Å². The highest BCUT2D eigenvalue weighted by Crippen LogP contribution is 2.28. The number of ether oxygens (including phenoxy) is 1. The molecule has 0 unspecified atom stereocenters. The Morgan fingerprint density at radius 1 is 1.18 bits per heavy atom. The Labute approximate surface area is 137 Å². The van der Waals surface area contributed by atoms with Crippen molar-refractivity contribution in [2.24, 2.45) is 0 Å². The molecule has 0 aromatic heterocycles. The largest absolute Gasteiger partial charge is 0.573 e. The van der Waals surface area contributed by atoms with Crippen LogP contribution in [0.3, 0.4) is 0 Å². The molecule has 2 rings (SSSR count). The number of benzene rings is 1. The molecule has 0 radical (unpaired) electrons. The smallest absolute Gasteiger partial charge is 0.406 e. The maximum Gasteiger partial charge on any atom is 0.573 e. The van der Waals surface area contributed by atoms with E-state index in [9.17, 15) is 13.2 Å². The van der Waals surface area contributed by atoms with E-state index in [0.29, 0.717) is 0 Å². The summed E-state index contributed by atoms with van der Waals surface area (Å²) in [5.41, 5.74) is 0.843. The van der Waals surface area contributed by atoms with Crippen LogP contribution in [0.25, 0.3) is 0 Å². The Hall–Kier alpha value is -0.790. The van der Waals surface area contributed by atoms with Crippen LogP contribution in [0.4, 0.5) is 13.2 Å². The number of halogens is 4. The van der Waals surface area contributed by atoms with Gasteiger partial charge in [0.2, 0.25) is 0 Å². The van der Waals surface area contributed by atoms with Crippen LogP contribution in [0.2, 0.25) is 0 Å². The SMILES string of the molecule is CN1CCN(CCCc2cc(OC(F)(F)F)ccc2Br)CC1. The molecule has 1 aliphatic rings. The lowest BCUT2D eigenvalue weighted by Gasteiger charge is -2.32. The number of rotatable bonds is 5. The van der Waals surface area contributed by atoms with Crippen molar-refractivity contribution in [1.29, 1.82) is 0 Å². The molecule has 1 aromatic rings. The maximum absolute atomic E-state index is 12.3. The highest BCUT2D eigenvalue weighted by Gasteiger charge is 2.31. The molecule has 124 valence electrons. The molecular weight excluding hydrogens is 361 g/mol. The van der Waals surface area contributed by atoms with Crippen LogP contribution in [-0.4, -0.2) is 55.9 Å². The van der Waals surface area contributed by atoms with E-state index in [0.717, 1.165) is 55.6 Å². The zero-order valence-electron chi connectivity index (χ0n) is 12.5. The molecule has 1 heterocycles. The van der Waals surface area contributed by atoms with E-state index in [1.165, 1.54) is 12.1 Å². The second kappa shape index (κ2) is 7.66. The van der Waals surface area contributed by atoms with E-state index < -0.39 is 6.36 Å². The lowest BCUT2D eigenvalue weighted by atomic mass is 10.1. The van der Waals surface area contributed by atoms with Gasteiger partial charge in [-0.25, -0.2) is 0 Å². The number of hydrogen-bond acceptors (Lipinski definition) is 3. The number of nitrogens with zero attached hydrogens (tertiary/aromatic N) is 2. The molecule has 0 N–H and O–H groups in total. The molecule has 7 heteroatoms. The van der Waals surface area contributed by atoms with Gasteiger partial charge in [-0.3, -0.25) is 0 Å². The Balaban J connectivity index is 1.85. The topological polar surface area (TPSA) is 15.7 Å². The fourth-order valence-corrected chi connectivity index (χ4v) is 2.95. The van der Waals surface area contributed by atoms with E-state index >= 15 is 0 Å². The van der Waals surface area contributed by atoms with Crippen LogP contribution in [0.5, 0.6) is 5.75 Å². The Morgan fingerprint density at radius 3 is 2.50 bits per heavy atom. The summed E-state index contributed by atoms with van der Waals surface area (Å²) in [6, 6.07) is 4.38. The molecule has 1 saturated heterocycles. The van der Waals surface area contributed by atoms with E-state index in [2.05, 4.69) is 37.5 Å². The van der Waals surface area contributed by atoms with Gasteiger partial charge in [-0.2, -0.15) is 0 Å². The molecule has 3 nitrogen and oxygen atoms in total. The molecular formula is C15H20BrF3N2O. The Bertz CT molecular complexity index is 488. The zero-order valence-corrected chi connectivity index (χ0v) is 14.1. The molecule has 0 amide bonds. The molecule has 1 fully saturated rings. The highest BCUT2D eigenvalue weighted by molar-refractivity contribution is 9.10. The van der Waals surface area contributed by atoms with Gasteiger partial charge in [0.1, 0.15) is 5.75 Å². The lowest BCUT2D eigenvalue weighted by Crippen LogP contribution is -2.44. The van der Waals surface area contributed by atoms with Crippen LogP contribution < -0.4 is 4.74 Å². The summed E-state index contributed by atoms with van der Waals surface area (Å²) in [4.78, 5) is 4.69. The first kappa shape index (κ1) is 17.6. The summed E-state index contributed by atoms with van der Waals surface area (Å²) >= 11 is 3.39. The van der Waals surface area contributed by atoms with Crippen LogP contribution >= 0.6 is 15.9 Å². The summed E-state index contributed by atoms with van der Waals surface area (Å²) in [6.07, 6.45) is -3.01. The van der Waals surface area contributed by atoms with Crippen molar-refractivity contribution in [2.45, 2.75) is 19.2 Å². The minimum atomic E-state index is -4.65. The molecule has 0 spiro atoms. The molecule has 22 heavy (non-hydrogen) atoms. The molecule has 0 saturated carbocycles. The molecule has 1 aliphatic heterocycles. The average Bonchev–Trinajstić information content (AvgIpc) is 2.43. The van der Waals surface area contributed by atoms with Crippen molar-refractivity contribution in [3.63, 3.8) is 0 Å². The van der Waals surface area contributed by atoms with E-state index in [-0.39, 0.29) is 5.75 Å². The average molecular weight is 381 g/mol. The van der Waals surface area contributed by atoms with Crippen LogP contribution in [-0.2, 0) is 6.42 Å². The van der Waals surface area contributed by atoms with Gasteiger partial charge in [-0.1, -0.05) is 15.9 Å². The van der Waals surface area contributed by atoms with Crippen molar-refractivity contribution in [3.8, 4) is 5.75 Å². The van der Waals surface area contributed by atoms with Crippen molar-refractivity contribution in [2.75, 3.05) is 39.8 Å². The lowest BCUT2D eigenvalue weighted by molar-refractivity contribution is -0.274. The Kier molecular flexibility index (Phi) is 6.11. The quantitative estimate of drug-likeness (QED) is 0.776. The molecule has 0 atom stereocenters. The minimum Gasteiger partial charge on any atom is -0.406 e. The predicted molar refractivity (Wildman–Crippen MR) is 83.1 cm³/mol. The second-order valence-electron chi connectivity index (χ2n) is 5.55. The van der Waals surface area contributed by atoms with Gasteiger partial charge >= 0.3 is 6.36 Å². The normalized spacial score (nSPS) is 17.7. The number of aryl methyl sites for hydroxylation is 1. The summed E-state index contributed by atoms with van der Waals surface area (Å²) in [6.45, 7) is 5.20.